The van der Waals surface area contributed by atoms with Crippen LogP contribution in [0.4, 0.5) is 5.69 Å². The van der Waals surface area contributed by atoms with Crippen LogP contribution < -0.4 is 10.6 Å². The van der Waals surface area contributed by atoms with Crippen molar-refractivity contribution in [2.75, 3.05) is 11.9 Å². The van der Waals surface area contributed by atoms with Gasteiger partial charge in [0.2, 0.25) is 5.91 Å². The van der Waals surface area contributed by atoms with Crippen molar-refractivity contribution in [2.45, 2.75) is 40.0 Å². The number of hydrogen-bond acceptors (Lipinski definition) is 4. The average molecular weight is 413 g/mol. The maximum Gasteiger partial charge on any atom is 0.338 e. The molecular weight excluding hydrogens is 384 g/mol. The van der Waals surface area contributed by atoms with E-state index in [1.165, 1.54) is 5.56 Å². The van der Waals surface area contributed by atoms with Crippen molar-refractivity contribution in [1.29, 1.82) is 0 Å². The Morgan fingerprint density at radius 3 is 2.17 bits per heavy atom. The van der Waals surface area contributed by atoms with Crippen molar-refractivity contribution >= 4 is 34.9 Å². The van der Waals surface area contributed by atoms with Gasteiger partial charge in [-0.3, -0.25) is 4.79 Å². The average Bonchev–Trinajstić information content (AvgIpc) is 2.68. The zero-order valence-electron chi connectivity index (χ0n) is 17.3. The number of esters is 1. The molecule has 0 radical (unpaired) electrons. The van der Waals surface area contributed by atoms with Gasteiger partial charge in [-0.1, -0.05) is 38.1 Å². The summed E-state index contributed by atoms with van der Waals surface area (Å²) in [5.74, 6) is -0.282. The molecule has 2 aromatic carbocycles. The fraction of sp³-hybridized carbons (Fsp3) is 0.348. The number of carbonyl (C=O) groups excluding carboxylic acids is 2. The number of anilines is 1. The molecule has 0 saturated carbocycles. The van der Waals surface area contributed by atoms with Crippen LogP contribution in [-0.2, 0) is 16.0 Å². The summed E-state index contributed by atoms with van der Waals surface area (Å²) in [5, 5.41) is 5.89. The molecule has 2 aromatic rings. The van der Waals surface area contributed by atoms with Gasteiger partial charge in [0.25, 0.3) is 0 Å². The highest BCUT2D eigenvalue weighted by Crippen LogP contribution is 2.18. The molecule has 0 bridgehead atoms. The van der Waals surface area contributed by atoms with E-state index in [0.717, 1.165) is 12.0 Å². The first-order valence-corrected chi connectivity index (χ1v) is 10.2. The molecule has 0 spiro atoms. The first kappa shape index (κ1) is 22.6. The largest absolute Gasteiger partial charge is 0.462 e. The van der Waals surface area contributed by atoms with Crippen LogP contribution in [0.1, 0.15) is 55.1 Å². The van der Waals surface area contributed by atoms with E-state index in [-0.39, 0.29) is 22.9 Å². The molecule has 0 fully saturated rings. The maximum absolute atomic E-state index is 12.5. The van der Waals surface area contributed by atoms with Crippen molar-refractivity contribution in [3.05, 3.63) is 65.2 Å². The Labute approximate surface area is 177 Å². The highest BCUT2D eigenvalue weighted by molar-refractivity contribution is 7.80. The SMILES string of the molecule is CCOC(=O)c1ccc(NC(=S)NC(=O)C(C)c2ccc(CC(C)C)cc2)cc1. The zero-order chi connectivity index (χ0) is 21.4. The lowest BCUT2D eigenvalue weighted by atomic mass is 9.96. The Morgan fingerprint density at radius 2 is 1.62 bits per heavy atom. The van der Waals surface area contributed by atoms with E-state index in [1.807, 2.05) is 19.1 Å². The topological polar surface area (TPSA) is 67.4 Å². The molecule has 0 aliphatic heterocycles. The molecule has 0 aliphatic rings. The van der Waals surface area contributed by atoms with Gasteiger partial charge < -0.3 is 15.4 Å². The van der Waals surface area contributed by atoms with Gasteiger partial charge >= 0.3 is 5.97 Å². The summed E-state index contributed by atoms with van der Waals surface area (Å²) < 4.78 is 4.95. The number of thiocarbonyl (C=S) groups is 1. The van der Waals surface area contributed by atoms with E-state index in [2.05, 4.69) is 36.6 Å². The van der Waals surface area contributed by atoms with Crippen LogP contribution in [0.25, 0.3) is 0 Å². The second-order valence-electron chi connectivity index (χ2n) is 7.30. The van der Waals surface area contributed by atoms with Crippen LogP contribution in [0.2, 0.25) is 0 Å². The van der Waals surface area contributed by atoms with Crippen LogP contribution in [0.3, 0.4) is 0 Å². The number of rotatable bonds is 7. The monoisotopic (exact) mass is 412 g/mol. The van der Waals surface area contributed by atoms with Gasteiger partial charge in [0, 0.05) is 5.69 Å². The smallest absolute Gasteiger partial charge is 0.338 e. The predicted molar refractivity (Wildman–Crippen MR) is 120 cm³/mol. The summed E-state index contributed by atoms with van der Waals surface area (Å²) in [6.07, 6.45) is 1.02. The normalized spacial score (nSPS) is 11.6. The van der Waals surface area contributed by atoms with Gasteiger partial charge in [0.1, 0.15) is 0 Å². The number of hydrogen-bond donors (Lipinski definition) is 2. The van der Waals surface area contributed by atoms with Crippen molar-refractivity contribution in [1.82, 2.24) is 5.32 Å². The molecule has 6 heteroatoms. The lowest BCUT2D eigenvalue weighted by molar-refractivity contribution is -0.120. The Morgan fingerprint density at radius 1 is 1.00 bits per heavy atom. The lowest BCUT2D eigenvalue weighted by Crippen LogP contribution is -2.36. The quantitative estimate of drug-likeness (QED) is 0.511. The summed E-state index contributed by atoms with van der Waals surface area (Å²) in [7, 11) is 0. The van der Waals surface area contributed by atoms with E-state index >= 15 is 0 Å². The Balaban J connectivity index is 1.91. The summed E-state index contributed by atoms with van der Waals surface area (Å²) in [5.41, 5.74) is 3.34. The third-order valence-corrected chi connectivity index (χ3v) is 4.61. The summed E-state index contributed by atoms with van der Waals surface area (Å²) in [4.78, 5) is 24.2. The molecule has 2 N–H and O–H groups in total. The summed E-state index contributed by atoms with van der Waals surface area (Å²) in [6, 6.07) is 14.8. The molecular formula is C23H28N2O3S. The second kappa shape index (κ2) is 10.7. The van der Waals surface area contributed by atoms with Gasteiger partial charge in [0.05, 0.1) is 18.1 Å². The van der Waals surface area contributed by atoms with Gasteiger partial charge in [-0.05, 0) is 73.8 Å². The minimum absolute atomic E-state index is 0.178. The number of amides is 1. The predicted octanol–water partition coefficient (Wildman–Crippen LogP) is 4.68. The minimum Gasteiger partial charge on any atom is -0.462 e. The Bertz CT molecular complexity index is 845. The lowest BCUT2D eigenvalue weighted by Gasteiger charge is -2.15. The van der Waals surface area contributed by atoms with Crippen molar-refractivity contribution in [2.24, 2.45) is 5.92 Å². The van der Waals surface area contributed by atoms with Crippen LogP contribution in [0.5, 0.6) is 0 Å². The maximum atomic E-state index is 12.5. The van der Waals surface area contributed by atoms with Gasteiger partial charge in [-0.15, -0.1) is 0 Å². The van der Waals surface area contributed by atoms with E-state index in [1.54, 1.807) is 31.2 Å². The summed E-state index contributed by atoms with van der Waals surface area (Å²) >= 11 is 5.24. The fourth-order valence-electron chi connectivity index (χ4n) is 2.85. The third kappa shape index (κ3) is 6.98. The Hall–Kier alpha value is -2.73. The molecule has 29 heavy (non-hydrogen) atoms. The number of benzene rings is 2. The van der Waals surface area contributed by atoms with Crippen molar-refractivity contribution < 1.29 is 14.3 Å². The van der Waals surface area contributed by atoms with Crippen LogP contribution in [-0.4, -0.2) is 23.6 Å². The number of nitrogens with one attached hydrogen (secondary N) is 2. The van der Waals surface area contributed by atoms with Crippen LogP contribution in [0.15, 0.2) is 48.5 Å². The molecule has 1 unspecified atom stereocenters. The molecule has 154 valence electrons. The first-order chi connectivity index (χ1) is 13.8. The molecule has 0 aliphatic carbocycles. The van der Waals surface area contributed by atoms with E-state index < -0.39 is 0 Å². The molecule has 2 rings (SSSR count). The number of ether oxygens (including phenoxy) is 1. The van der Waals surface area contributed by atoms with Crippen LogP contribution in [0, 0.1) is 5.92 Å². The Kier molecular flexibility index (Phi) is 8.34. The number of carbonyl (C=O) groups is 2. The van der Waals surface area contributed by atoms with Crippen molar-refractivity contribution in [3.8, 4) is 0 Å². The highest BCUT2D eigenvalue weighted by atomic mass is 32.1. The van der Waals surface area contributed by atoms with E-state index in [0.29, 0.717) is 23.8 Å². The standard InChI is InChI=1S/C23H28N2O3S/c1-5-28-22(27)19-10-12-20(13-11-19)24-23(29)25-21(26)16(4)18-8-6-17(7-9-18)14-15(2)3/h6-13,15-16H,5,14H2,1-4H3,(H2,24,25,26,29). The molecule has 0 heterocycles. The second-order valence-corrected chi connectivity index (χ2v) is 7.71. The van der Waals surface area contributed by atoms with Gasteiger partial charge in [0.15, 0.2) is 5.11 Å². The van der Waals surface area contributed by atoms with Crippen molar-refractivity contribution in [3.63, 3.8) is 0 Å². The van der Waals surface area contributed by atoms with E-state index in [9.17, 15) is 9.59 Å². The molecule has 1 amide bonds. The van der Waals surface area contributed by atoms with Gasteiger partial charge in [-0.25, -0.2) is 4.79 Å². The van der Waals surface area contributed by atoms with E-state index in [4.69, 9.17) is 17.0 Å². The fourth-order valence-corrected chi connectivity index (χ4v) is 3.07. The molecule has 0 saturated heterocycles. The first-order valence-electron chi connectivity index (χ1n) is 9.78. The highest BCUT2D eigenvalue weighted by Gasteiger charge is 2.16. The minimum atomic E-state index is -0.372. The zero-order valence-corrected chi connectivity index (χ0v) is 18.1. The third-order valence-electron chi connectivity index (χ3n) is 4.41. The van der Waals surface area contributed by atoms with Gasteiger partial charge in [-0.2, -0.15) is 0 Å². The van der Waals surface area contributed by atoms with Crippen LogP contribution >= 0.6 is 12.2 Å². The molecule has 1 atom stereocenters. The summed E-state index contributed by atoms with van der Waals surface area (Å²) in [6.45, 7) is 8.30. The molecule has 0 aromatic heterocycles. The molecule has 5 nitrogen and oxygen atoms in total.